The molecule has 4 heteroatoms. The molecular weight excluding hydrogens is 220 g/mol. The van der Waals surface area contributed by atoms with Crippen molar-refractivity contribution in [3.05, 3.63) is 22.4 Å². The number of nitrogens with one attached hydrogen (secondary N) is 2. The SMILES string of the molecule is CCNCC(C)C(=O)N[C@H](C)c1cccs1. The Morgan fingerprint density at radius 1 is 1.50 bits per heavy atom. The third kappa shape index (κ3) is 3.94. The van der Waals surface area contributed by atoms with E-state index < -0.39 is 0 Å². The molecule has 0 aliphatic rings. The Morgan fingerprint density at radius 3 is 2.81 bits per heavy atom. The van der Waals surface area contributed by atoms with Crippen LogP contribution >= 0.6 is 11.3 Å². The number of carbonyl (C=O) groups excluding carboxylic acids is 1. The third-order valence-electron chi connectivity index (χ3n) is 2.48. The number of amides is 1. The van der Waals surface area contributed by atoms with E-state index in [0.29, 0.717) is 0 Å². The normalized spacial score (nSPS) is 14.4. The van der Waals surface area contributed by atoms with Crippen LogP contribution in [-0.4, -0.2) is 19.0 Å². The van der Waals surface area contributed by atoms with Crippen LogP contribution in [0.3, 0.4) is 0 Å². The molecule has 0 spiro atoms. The van der Waals surface area contributed by atoms with Gasteiger partial charge in [-0.1, -0.05) is 19.9 Å². The average molecular weight is 240 g/mol. The zero-order chi connectivity index (χ0) is 12.0. The number of thiophene rings is 1. The number of hydrogen-bond acceptors (Lipinski definition) is 3. The van der Waals surface area contributed by atoms with Gasteiger partial charge in [0, 0.05) is 17.3 Å². The van der Waals surface area contributed by atoms with Crippen molar-refractivity contribution in [2.75, 3.05) is 13.1 Å². The lowest BCUT2D eigenvalue weighted by Gasteiger charge is -2.16. The van der Waals surface area contributed by atoms with Crippen LogP contribution in [0, 0.1) is 5.92 Å². The highest BCUT2D eigenvalue weighted by atomic mass is 32.1. The standard InChI is InChI=1S/C12H20N2OS/c1-4-13-8-9(2)12(15)14-10(3)11-6-5-7-16-11/h5-7,9-10,13H,4,8H2,1-3H3,(H,14,15)/t9?,10-/m1/s1. The minimum absolute atomic E-state index is 0.0161. The summed E-state index contributed by atoms with van der Waals surface area (Å²) in [5, 5.41) is 8.23. The molecule has 1 unspecified atom stereocenters. The Morgan fingerprint density at radius 2 is 2.25 bits per heavy atom. The van der Waals surface area contributed by atoms with Gasteiger partial charge in [0.25, 0.3) is 0 Å². The summed E-state index contributed by atoms with van der Waals surface area (Å²) in [4.78, 5) is 13.0. The van der Waals surface area contributed by atoms with Gasteiger partial charge in [0.05, 0.1) is 6.04 Å². The summed E-state index contributed by atoms with van der Waals surface area (Å²) >= 11 is 1.67. The summed E-state index contributed by atoms with van der Waals surface area (Å²) in [5.41, 5.74) is 0. The van der Waals surface area contributed by atoms with E-state index in [2.05, 4.69) is 10.6 Å². The van der Waals surface area contributed by atoms with E-state index in [1.807, 2.05) is 38.3 Å². The first-order chi connectivity index (χ1) is 7.65. The van der Waals surface area contributed by atoms with Crippen molar-refractivity contribution in [2.45, 2.75) is 26.8 Å². The molecule has 3 nitrogen and oxygen atoms in total. The quantitative estimate of drug-likeness (QED) is 0.800. The Labute approximate surface area is 101 Å². The summed E-state index contributed by atoms with van der Waals surface area (Å²) in [6, 6.07) is 4.16. The van der Waals surface area contributed by atoms with E-state index in [4.69, 9.17) is 0 Å². The van der Waals surface area contributed by atoms with Crippen molar-refractivity contribution in [3.63, 3.8) is 0 Å². The Hall–Kier alpha value is -0.870. The summed E-state index contributed by atoms with van der Waals surface area (Å²) in [6.45, 7) is 7.64. The molecule has 2 N–H and O–H groups in total. The topological polar surface area (TPSA) is 41.1 Å². The van der Waals surface area contributed by atoms with Crippen LogP contribution in [-0.2, 0) is 4.79 Å². The Kier molecular flexibility index (Phi) is 5.49. The number of carbonyl (C=O) groups is 1. The number of rotatable bonds is 6. The van der Waals surface area contributed by atoms with Crippen LogP contribution in [0.25, 0.3) is 0 Å². The molecular formula is C12H20N2OS. The van der Waals surface area contributed by atoms with Crippen molar-refractivity contribution in [1.29, 1.82) is 0 Å². The third-order valence-corrected chi connectivity index (χ3v) is 3.53. The highest BCUT2D eigenvalue weighted by Crippen LogP contribution is 2.18. The predicted octanol–water partition coefficient (Wildman–Crippen LogP) is 2.17. The smallest absolute Gasteiger partial charge is 0.224 e. The first-order valence-corrected chi connectivity index (χ1v) is 6.57. The molecule has 0 bridgehead atoms. The fourth-order valence-corrected chi connectivity index (χ4v) is 2.15. The molecule has 0 radical (unpaired) electrons. The monoisotopic (exact) mass is 240 g/mol. The van der Waals surface area contributed by atoms with Crippen molar-refractivity contribution in [1.82, 2.24) is 10.6 Å². The van der Waals surface area contributed by atoms with Crippen molar-refractivity contribution >= 4 is 17.2 Å². The fraction of sp³-hybridized carbons (Fsp3) is 0.583. The maximum absolute atomic E-state index is 11.8. The van der Waals surface area contributed by atoms with Gasteiger partial charge < -0.3 is 10.6 Å². The van der Waals surface area contributed by atoms with E-state index in [1.165, 1.54) is 4.88 Å². The lowest BCUT2D eigenvalue weighted by Crippen LogP contribution is -2.36. The second-order valence-corrected chi connectivity index (χ2v) is 4.93. The van der Waals surface area contributed by atoms with Crippen LogP contribution in [0.1, 0.15) is 31.7 Å². The molecule has 0 aliphatic heterocycles. The molecule has 0 aromatic carbocycles. The summed E-state index contributed by atoms with van der Waals surface area (Å²) in [7, 11) is 0. The van der Waals surface area contributed by atoms with E-state index >= 15 is 0 Å². The van der Waals surface area contributed by atoms with Gasteiger partial charge in [0.2, 0.25) is 5.91 Å². The highest BCUT2D eigenvalue weighted by Gasteiger charge is 2.15. The van der Waals surface area contributed by atoms with Crippen LogP contribution in [0.15, 0.2) is 17.5 Å². The van der Waals surface area contributed by atoms with Crippen molar-refractivity contribution in [3.8, 4) is 0 Å². The Balaban J connectivity index is 2.39. The van der Waals surface area contributed by atoms with E-state index in [9.17, 15) is 4.79 Å². The van der Waals surface area contributed by atoms with Gasteiger partial charge in [-0.3, -0.25) is 4.79 Å². The number of hydrogen-bond donors (Lipinski definition) is 2. The van der Waals surface area contributed by atoms with Crippen LogP contribution in [0.2, 0.25) is 0 Å². The predicted molar refractivity (Wildman–Crippen MR) is 68.6 cm³/mol. The molecule has 1 amide bonds. The van der Waals surface area contributed by atoms with Gasteiger partial charge in [-0.15, -0.1) is 11.3 Å². The molecule has 0 saturated heterocycles. The highest BCUT2D eigenvalue weighted by molar-refractivity contribution is 7.10. The second-order valence-electron chi connectivity index (χ2n) is 3.95. The maximum Gasteiger partial charge on any atom is 0.224 e. The maximum atomic E-state index is 11.8. The molecule has 90 valence electrons. The lowest BCUT2D eigenvalue weighted by atomic mass is 10.1. The van der Waals surface area contributed by atoms with E-state index in [0.717, 1.165) is 13.1 Å². The molecule has 16 heavy (non-hydrogen) atoms. The van der Waals surface area contributed by atoms with E-state index in [1.54, 1.807) is 11.3 Å². The molecule has 1 aromatic rings. The average Bonchev–Trinajstić information content (AvgIpc) is 2.79. The molecule has 1 heterocycles. The van der Waals surface area contributed by atoms with Gasteiger partial charge in [-0.05, 0) is 24.9 Å². The minimum atomic E-state index is 0.0161. The molecule has 0 fully saturated rings. The van der Waals surface area contributed by atoms with Gasteiger partial charge in [-0.25, -0.2) is 0 Å². The second kappa shape index (κ2) is 6.66. The molecule has 1 rings (SSSR count). The van der Waals surface area contributed by atoms with Crippen LogP contribution in [0.5, 0.6) is 0 Å². The van der Waals surface area contributed by atoms with E-state index in [-0.39, 0.29) is 17.9 Å². The van der Waals surface area contributed by atoms with Gasteiger partial charge in [0.1, 0.15) is 0 Å². The first-order valence-electron chi connectivity index (χ1n) is 5.69. The molecule has 2 atom stereocenters. The molecule has 0 aliphatic carbocycles. The van der Waals surface area contributed by atoms with Crippen molar-refractivity contribution < 1.29 is 4.79 Å². The fourth-order valence-electron chi connectivity index (χ4n) is 1.42. The van der Waals surface area contributed by atoms with Crippen molar-refractivity contribution in [2.24, 2.45) is 5.92 Å². The Bertz CT molecular complexity index is 311. The van der Waals surface area contributed by atoms with Gasteiger partial charge >= 0.3 is 0 Å². The van der Waals surface area contributed by atoms with Crippen LogP contribution in [0.4, 0.5) is 0 Å². The van der Waals surface area contributed by atoms with Gasteiger partial charge in [-0.2, -0.15) is 0 Å². The van der Waals surface area contributed by atoms with Crippen LogP contribution < -0.4 is 10.6 Å². The first kappa shape index (κ1) is 13.2. The zero-order valence-corrected chi connectivity index (χ0v) is 10.9. The van der Waals surface area contributed by atoms with Gasteiger partial charge in [0.15, 0.2) is 0 Å². The summed E-state index contributed by atoms with van der Waals surface area (Å²) in [5.74, 6) is 0.129. The minimum Gasteiger partial charge on any atom is -0.348 e. The largest absolute Gasteiger partial charge is 0.348 e. The summed E-state index contributed by atoms with van der Waals surface area (Å²) < 4.78 is 0. The lowest BCUT2D eigenvalue weighted by molar-refractivity contribution is -0.125. The summed E-state index contributed by atoms with van der Waals surface area (Å²) in [6.07, 6.45) is 0. The zero-order valence-electron chi connectivity index (χ0n) is 10.1. The molecule has 1 aromatic heterocycles. The molecule has 0 saturated carbocycles.